The average Bonchev–Trinajstić information content (AvgIpc) is 3.32. The van der Waals surface area contributed by atoms with E-state index < -0.39 is 10.0 Å². The Hall–Kier alpha value is -1.93. The number of nitrogens with one attached hydrogen (secondary N) is 1. The number of nitrogens with zero attached hydrogens (tertiary/aromatic N) is 2. The van der Waals surface area contributed by atoms with Crippen molar-refractivity contribution in [3.8, 4) is 0 Å². The summed E-state index contributed by atoms with van der Waals surface area (Å²) in [6.45, 7) is 0. The van der Waals surface area contributed by atoms with Gasteiger partial charge < -0.3 is 5.32 Å². The highest BCUT2D eigenvalue weighted by Crippen LogP contribution is 2.34. The van der Waals surface area contributed by atoms with Gasteiger partial charge in [0.2, 0.25) is 15.9 Å². The second-order valence-corrected chi connectivity index (χ2v) is 9.99. The SMILES string of the molecule is CN(c1ccc(CC(C(=O)Nc2nccs2)C2CCCC2)cc1)S(C)(=O)=O. The molecule has 0 saturated heterocycles. The molecule has 1 aromatic carbocycles. The van der Waals surface area contributed by atoms with Crippen molar-refractivity contribution in [2.45, 2.75) is 32.1 Å². The molecule has 1 aromatic heterocycles. The molecule has 0 bridgehead atoms. The number of benzene rings is 1. The molecule has 0 spiro atoms. The summed E-state index contributed by atoms with van der Waals surface area (Å²) in [6, 6.07) is 7.41. The van der Waals surface area contributed by atoms with Crippen molar-refractivity contribution in [1.29, 1.82) is 0 Å². The second-order valence-electron chi connectivity index (χ2n) is 7.08. The first-order valence-corrected chi connectivity index (χ1v) is 11.8. The van der Waals surface area contributed by atoms with Crippen molar-refractivity contribution in [3.63, 3.8) is 0 Å². The minimum atomic E-state index is -3.28. The van der Waals surface area contributed by atoms with Crippen molar-refractivity contribution in [3.05, 3.63) is 41.4 Å². The third-order valence-electron chi connectivity index (χ3n) is 5.22. The Morgan fingerprint density at radius 1 is 1.30 bits per heavy atom. The van der Waals surface area contributed by atoms with Crippen LogP contribution in [0.25, 0.3) is 0 Å². The normalized spacial score (nSPS) is 16.2. The maximum absolute atomic E-state index is 12.9. The molecule has 1 aliphatic rings. The molecule has 146 valence electrons. The van der Waals surface area contributed by atoms with Gasteiger partial charge in [0.05, 0.1) is 11.9 Å². The lowest BCUT2D eigenvalue weighted by Gasteiger charge is -2.23. The molecule has 1 fully saturated rings. The first-order chi connectivity index (χ1) is 12.8. The van der Waals surface area contributed by atoms with E-state index >= 15 is 0 Å². The fourth-order valence-corrected chi connectivity index (χ4v) is 4.64. The van der Waals surface area contributed by atoms with Gasteiger partial charge in [-0.15, -0.1) is 11.3 Å². The van der Waals surface area contributed by atoms with Crippen LogP contribution < -0.4 is 9.62 Å². The van der Waals surface area contributed by atoms with Crippen molar-refractivity contribution in [2.75, 3.05) is 22.9 Å². The van der Waals surface area contributed by atoms with Crippen molar-refractivity contribution < 1.29 is 13.2 Å². The van der Waals surface area contributed by atoms with Crippen LogP contribution in [0.2, 0.25) is 0 Å². The summed E-state index contributed by atoms with van der Waals surface area (Å²) in [5.41, 5.74) is 1.65. The number of anilines is 2. The Labute approximate surface area is 164 Å². The summed E-state index contributed by atoms with van der Waals surface area (Å²) in [5.74, 6) is 0.299. The molecule has 1 atom stereocenters. The Bertz CT molecular complexity index is 858. The Kier molecular flexibility index (Phi) is 6.16. The van der Waals surface area contributed by atoms with Gasteiger partial charge in [-0.3, -0.25) is 9.10 Å². The molecule has 6 nitrogen and oxygen atoms in total. The van der Waals surface area contributed by atoms with Gasteiger partial charge in [-0.2, -0.15) is 0 Å². The van der Waals surface area contributed by atoms with E-state index in [0.717, 1.165) is 18.4 Å². The molecule has 1 unspecified atom stereocenters. The molecule has 1 heterocycles. The van der Waals surface area contributed by atoms with Crippen molar-refractivity contribution >= 4 is 38.1 Å². The molecule has 1 aliphatic carbocycles. The van der Waals surface area contributed by atoms with Crippen LogP contribution in [0, 0.1) is 11.8 Å². The first kappa shape index (κ1) is 19.8. The highest BCUT2D eigenvalue weighted by Gasteiger charge is 2.31. The fourth-order valence-electron chi connectivity index (χ4n) is 3.60. The zero-order valence-corrected chi connectivity index (χ0v) is 17.2. The van der Waals surface area contributed by atoms with E-state index in [-0.39, 0.29) is 11.8 Å². The van der Waals surface area contributed by atoms with Crippen molar-refractivity contribution in [2.24, 2.45) is 11.8 Å². The molecule has 1 saturated carbocycles. The molecule has 8 heteroatoms. The van der Waals surface area contributed by atoms with Crippen LogP contribution in [-0.4, -0.2) is 32.6 Å². The zero-order chi connectivity index (χ0) is 19.4. The van der Waals surface area contributed by atoms with Crippen LogP contribution in [0.5, 0.6) is 0 Å². The van der Waals surface area contributed by atoms with E-state index in [1.165, 1.54) is 41.8 Å². The predicted octanol–water partition coefficient (Wildman–Crippen LogP) is 3.53. The molecule has 1 amide bonds. The van der Waals surface area contributed by atoms with Crippen LogP contribution in [0.3, 0.4) is 0 Å². The zero-order valence-electron chi connectivity index (χ0n) is 15.6. The summed E-state index contributed by atoms with van der Waals surface area (Å²) in [6.07, 6.45) is 8.00. The number of thiazole rings is 1. The quantitative estimate of drug-likeness (QED) is 0.761. The monoisotopic (exact) mass is 407 g/mol. The highest BCUT2D eigenvalue weighted by atomic mass is 32.2. The number of sulfonamides is 1. The highest BCUT2D eigenvalue weighted by molar-refractivity contribution is 7.92. The van der Waals surface area contributed by atoms with Gasteiger partial charge in [-0.05, 0) is 42.9 Å². The Balaban J connectivity index is 1.74. The molecule has 0 aliphatic heterocycles. The van der Waals surface area contributed by atoms with Crippen LogP contribution in [0.15, 0.2) is 35.8 Å². The third kappa shape index (κ3) is 5.07. The van der Waals surface area contributed by atoms with E-state index in [4.69, 9.17) is 0 Å². The number of carbonyl (C=O) groups is 1. The van der Waals surface area contributed by atoms with E-state index in [2.05, 4.69) is 10.3 Å². The lowest BCUT2D eigenvalue weighted by molar-refractivity contribution is -0.121. The number of hydrogen-bond acceptors (Lipinski definition) is 5. The summed E-state index contributed by atoms with van der Waals surface area (Å²) in [5, 5.41) is 5.43. The topological polar surface area (TPSA) is 79.4 Å². The lowest BCUT2D eigenvalue weighted by atomic mass is 9.85. The number of amides is 1. The van der Waals surface area contributed by atoms with E-state index in [1.54, 1.807) is 18.3 Å². The van der Waals surface area contributed by atoms with Crippen LogP contribution in [-0.2, 0) is 21.2 Å². The van der Waals surface area contributed by atoms with Crippen LogP contribution in [0.4, 0.5) is 10.8 Å². The van der Waals surface area contributed by atoms with Gasteiger partial charge in [0.25, 0.3) is 0 Å². The number of hydrogen-bond donors (Lipinski definition) is 1. The molecule has 27 heavy (non-hydrogen) atoms. The maximum Gasteiger partial charge on any atom is 0.231 e. The molecule has 2 aromatic rings. The van der Waals surface area contributed by atoms with Gasteiger partial charge in [0, 0.05) is 24.5 Å². The summed E-state index contributed by atoms with van der Waals surface area (Å²) in [4.78, 5) is 17.0. The Morgan fingerprint density at radius 2 is 1.96 bits per heavy atom. The maximum atomic E-state index is 12.9. The van der Waals surface area contributed by atoms with Crippen molar-refractivity contribution in [1.82, 2.24) is 4.98 Å². The number of carbonyl (C=O) groups excluding carboxylic acids is 1. The number of aromatic nitrogens is 1. The van der Waals surface area contributed by atoms with E-state index in [9.17, 15) is 13.2 Å². The summed E-state index contributed by atoms with van der Waals surface area (Å²) in [7, 11) is -1.75. The smallest absolute Gasteiger partial charge is 0.231 e. The first-order valence-electron chi connectivity index (χ1n) is 9.08. The lowest BCUT2D eigenvalue weighted by Crippen LogP contribution is -2.30. The van der Waals surface area contributed by atoms with E-state index in [0.29, 0.717) is 23.2 Å². The van der Waals surface area contributed by atoms with E-state index in [1.807, 2.05) is 17.5 Å². The molecule has 1 N–H and O–H groups in total. The number of rotatable bonds is 7. The van der Waals surface area contributed by atoms with Gasteiger partial charge in [0.15, 0.2) is 5.13 Å². The molecule has 0 radical (unpaired) electrons. The van der Waals surface area contributed by atoms with Gasteiger partial charge >= 0.3 is 0 Å². The van der Waals surface area contributed by atoms with Crippen LogP contribution in [0.1, 0.15) is 31.2 Å². The van der Waals surface area contributed by atoms with Gasteiger partial charge in [-0.25, -0.2) is 13.4 Å². The minimum Gasteiger partial charge on any atom is -0.302 e. The third-order valence-corrected chi connectivity index (χ3v) is 7.12. The largest absolute Gasteiger partial charge is 0.302 e. The van der Waals surface area contributed by atoms with Gasteiger partial charge in [0.1, 0.15) is 0 Å². The summed E-state index contributed by atoms with van der Waals surface area (Å²) >= 11 is 1.42. The predicted molar refractivity (Wildman–Crippen MR) is 110 cm³/mol. The standard InChI is InChI=1S/C19H25N3O3S2/c1-22(27(2,24)25)16-9-7-14(8-10-16)13-17(15-5-3-4-6-15)18(23)21-19-20-11-12-26-19/h7-12,15,17H,3-6,13H2,1-2H3,(H,20,21,23). The van der Waals surface area contributed by atoms with Crippen LogP contribution >= 0.6 is 11.3 Å². The molecule has 3 rings (SSSR count). The minimum absolute atomic E-state index is 0.0224. The fraction of sp³-hybridized carbons (Fsp3) is 0.474. The molecular weight excluding hydrogens is 382 g/mol. The summed E-state index contributed by atoms with van der Waals surface area (Å²) < 4.78 is 24.6. The second kappa shape index (κ2) is 8.39. The van der Waals surface area contributed by atoms with Gasteiger partial charge in [-0.1, -0.05) is 25.0 Å². The Morgan fingerprint density at radius 3 is 2.52 bits per heavy atom. The average molecular weight is 408 g/mol. The molecular formula is C19H25N3O3S2.